The zero-order valence-electron chi connectivity index (χ0n) is 15.4. The van der Waals surface area contributed by atoms with Gasteiger partial charge in [-0.15, -0.1) is 11.8 Å². The van der Waals surface area contributed by atoms with Gasteiger partial charge in [0.2, 0.25) is 0 Å². The van der Waals surface area contributed by atoms with Crippen LogP contribution in [0.2, 0.25) is 0 Å². The SMILES string of the molecule is CCCCCCCCCC(NC(=O)O)SCCCCCCCC. The van der Waals surface area contributed by atoms with Crippen LogP contribution in [0, 0.1) is 0 Å². The molecule has 3 nitrogen and oxygen atoms in total. The Balaban J connectivity index is 3.62. The van der Waals surface area contributed by atoms with Gasteiger partial charge in [0, 0.05) is 0 Å². The summed E-state index contributed by atoms with van der Waals surface area (Å²) in [5.74, 6) is 1.08. The van der Waals surface area contributed by atoms with Crippen LogP contribution in [0.1, 0.15) is 104 Å². The van der Waals surface area contributed by atoms with Gasteiger partial charge in [0.05, 0.1) is 5.37 Å². The van der Waals surface area contributed by atoms with Gasteiger partial charge in [0.15, 0.2) is 0 Å². The highest BCUT2D eigenvalue weighted by Crippen LogP contribution is 2.19. The van der Waals surface area contributed by atoms with Gasteiger partial charge < -0.3 is 10.4 Å². The van der Waals surface area contributed by atoms with Crippen molar-refractivity contribution in [3.05, 3.63) is 0 Å². The minimum atomic E-state index is -0.881. The van der Waals surface area contributed by atoms with Crippen LogP contribution >= 0.6 is 11.8 Å². The predicted molar refractivity (Wildman–Crippen MR) is 103 cm³/mol. The van der Waals surface area contributed by atoms with E-state index in [0.29, 0.717) is 0 Å². The summed E-state index contributed by atoms with van der Waals surface area (Å²) in [5.41, 5.74) is 0. The standard InChI is InChI=1S/C19H39NO2S/c1-3-5-7-9-11-12-14-16-18(20-19(21)22)23-17-15-13-10-8-6-4-2/h18,20H,3-17H2,1-2H3,(H,21,22). The van der Waals surface area contributed by atoms with Gasteiger partial charge >= 0.3 is 6.09 Å². The first-order valence-electron chi connectivity index (χ1n) is 9.81. The molecule has 2 N–H and O–H groups in total. The molecule has 1 unspecified atom stereocenters. The average molecular weight is 346 g/mol. The molecular weight excluding hydrogens is 306 g/mol. The summed E-state index contributed by atoms with van der Waals surface area (Å²) in [5, 5.41) is 11.7. The Kier molecular flexibility index (Phi) is 17.7. The number of amides is 1. The Morgan fingerprint density at radius 1 is 0.826 bits per heavy atom. The number of carboxylic acid groups (broad SMARTS) is 1. The number of hydrogen-bond acceptors (Lipinski definition) is 2. The number of carbonyl (C=O) groups is 1. The first kappa shape index (κ1) is 22.6. The molecule has 1 atom stereocenters. The second-order valence-electron chi connectivity index (χ2n) is 6.49. The lowest BCUT2D eigenvalue weighted by Crippen LogP contribution is -2.31. The number of thioether (sulfide) groups is 1. The summed E-state index contributed by atoms with van der Waals surface area (Å²) < 4.78 is 0. The van der Waals surface area contributed by atoms with Crippen LogP contribution in [0.3, 0.4) is 0 Å². The van der Waals surface area contributed by atoms with E-state index in [1.807, 2.05) is 0 Å². The first-order chi connectivity index (χ1) is 11.2. The van der Waals surface area contributed by atoms with E-state index in [9.17, 15) is 4.79 Å². The molecule has 0 rings (SSSR count). The molecule has 0 aliphatic carbocycles. The summed E-state index contributed by atoms with van der Waals surface area (Å²) in [6, 6.07) is 0. The van der Waals surface area contributed by atoms with Gasteiger partial charge in [0.25, 0.3) is 0 Å². The van der Waals surface area contributed by atoms with Crippen molar-refractivity contribution in [2.75, 3.05) is 5.75 Å². The molecule has 0 fully saturated rings. The Morgan fingerprint density at radius 3 is 1.83 bits per heavy atom. The number of hydrogen-bond donors (Lipinski definition) is 2. The summed E-state index contributed by atoms with van der Waals surface area (Å²) in [4.78, 5) is 10.9. The van der Waals surface area contributed by atoms with Crippen LogP contribution in [0.15, 0.2) is 0 Å². The molecule has 0 radical (unpaired) electrons. The van der Waals surface area contributed by atoms with Gasteiger partial charge in [-0.05, 0) is 18.6 Å². The minimum absolute atomic E-state index is 0.0822. The van der Waals surface area contributed by atoms with E-state index in [2.05, 4.69) is 19.2 Å². The van der Waals surface area contributed by atoms with Crippen molar-refractivity contribution in [1.82, 2.24) is 5.32 Å². The fraction of sp³-hybridized carbons (Fsp3) is 0.947. The van der Waals surface area contributed by atoms with E-state index < -0.39 is 6.09 Å². The smallest absolute Gasteiger partial charge is 0.405 e. The highest BCUT2D eigenvalue weighted by atomic mass is 32.2. The van der Waals surface area contributed by atoms with Crippen molar-refractivity contribution >= 4 is 17.9 Å². The maximum atomic E-state index is 10.9. The molecule has 0 aromatic carbocycles. The van der Waals surface area contributed by atoms with Crippen molar-refractivity contribution in [2.45, 2.75) is 109 Å². The molecule has 1 amide bonds. The fourth-order valence-corrected chi connectivity index (χ4v) is 3.90. The topological polar surface area (TPSA) is 49.3 Å². The van der Waals surface area contributed by atoms with Crippen molar-refractivity contribution in [3.63, 3.8) is 0 Å². The van der Waals surface area contributed by atoms with Crippen LogP contribution in [0.4, 0.5) is 4.79 Å². The second-order valence-corrected chi connectivity index (χ2v) is 7.80. The molecule has 0 saturated carbocycles. The van der Waals surface area contributed by atoms with Crippen molar-refractivity contribution in [2.24, 2.45) is 0 Å². The van der Waals surface area contributed by atoms with E-state index in [1.54, 1.807) is 11.8 Å². The third-order valence-corrected chi connectivity index (χ3v) is 5.45. The molecule has 4 heteroatoms. The van der Waals surface area contributed by atoms with Gasteiger partial charge in [-0.25, -0.2) is 4.79 Å². The van der Waals surface area contributed by atoms with Gasteiger partial charge in [-0.3, -0.25) is 0 Å². The van der Waals surface area contributed by atoms with Crippen LogP contribution in [0.5, 0.6) is 0 Å². The van der Waals surface area contributed by atoms with Crippen LogP contribution in [-0.2, 0) is 0 Å². The lowest BCUT2D eigenvalue weighted by molar-refractivity contribution is 0.193. The van der Waals surface area contributed by atoms with Crippen molar-refractivity contribution in [3.8, 4) is 0 Å². The molecule has 0 aliphatic heterocycles. The Hall–Kier alpha value is -0.380. The molecule has 0 aliphatic rings. The van der Waals surface area contributed by atoms with E-state index in [-0.39, 0.29) is 5.37 Å². The zero-order chi connectivity index (χ0) is 17.2. The summed E-state index contributed by atoms with van der Waals surface area (Å²) >= 11 is 1.79. The average Bonchev–Trinajstić information content (AvgIpc) is 2.52. The zero-order valence-corrected chi connectivity index (χ0v) is 16.3. The lowest BCUT2D eigenvalue weighted by atomic mass is 10.1. The van der Waals surface area contributed by atoms with Crippen molar-refractivity contribution < 1.29 is 9.90 Å². The normalized spacial score (nSPS) is 12.3. The summed E-state index contributed by atoms with van der Waals surface area (Å²) in [6.07, 6.45) is 16.9. The van der Waals surface area contributed by atoms with E-state index in [1.165, 1.54) is 77.0 Å². The molecule has 23 heavy (non-hydrogen) atoms. The summed E-state index contributed by atoms with van der Waals surface area (Å²) in [7, 11) is 0. The Labute approximate surface area is 148 Å². The van der Waals surface area contributed by atoms with Gasteiger partial charge in [0.1, 0.15) is 0 Å². The second kappa shape index (κ2) is 18.0. The first-order valence-corrected chi connectivity index (χ1v) is 10.9. The quantitative estimate of drug-likeness (QED) is 0.225. The van der Waals surface area contributed by atoms with Crippen molar-refractivity contribution in [1.29, 1.82) is 0 Å². The molecule has 0 spiro atoms. The predicted octanol–water partition coefficient (Wildman–Crippen LogP) is 6.81. The number of nitrogens with one attached hydrogen (secondary N) is 1. The maximum absolute atomic E-state index is 10.9. The highest BCUT2D eigenvalue weighted by molar-refractivity contribution is 7.99. The van der Waals surface area contributed by atoms with Crippen LogP contribution in [-0.4, -0.2) is 22.3 Å². The largest absolute Gasteiger partial charge is 0.465 e. The molecule has 0 heterocycles. The number of unbranched alkanes of at least 4 members (excludes halogenated alkanes) is 11. The highest BCUT2D eigenvalue weighted by Gasteiger charge is 2.11. The van der Waals surface area contributed by atoms with Gasteiger partial charge in [-0.1, -0.05) is 90.9 Å². The monoisotopic (exact) mass is 345 g/mol. The molecule has 0 aromatic heterocycles. The molecular formula is C19H39NO2S. The molecule has 0 saturated heterocycles. The van der Waals surface area contributed by atoms with E-state index in [4.69, 9.17) is 5.11 Å². The third-order valence-electron chi connectivity index (χ3n) is 4.17. The molecule has 0 aromatic rings. The molecule has 0 bridgehead atoms. The maximum Gasteiger partial charge on any atom is 0.405 e. The van der Waals surface area contributed by atoms with Crippen LogP contribution < -0.4 is 5.32 Å². The number of rotatable bonds is 17. The minimum Gasteiger partial charge on any atom is -0.465 e. The lowest BCUT2D eigenvalue weighted by Gasteiger charge is -2.16. The Bertz CT molecular complexity index is 244. The molecule has 138 valence electrons. The van der Waals surface area contributed by atoms with E-state index >= 15 is 0 Å². The van der Waals surface area contributed by atoms with Gasteiger partial charge in [-0.2, -0.15) is 0 Å². The Morgan fingerprint density at radius 2 is 1.30 bits per heavy atom. The summed E-state index contributed by atoms with van der Waals surface area (Å²) in [6.45, 7) is 4.48. The third kappa shape index (κ3) is 17.8. The van der Waals surface area contributed by atoms with E-state index in [0.717, 1.165) is 18.6 Å². The van der Waals surface area contributed by atoms with Crippen LogP contribution in [0.25, 0.3) is 0 Å². The fourth-order valence-electron chi connectivity index (χ4n) is 2.73.